The molecule has 0 aliphatic heterocycles. The molecule has 1 aromatic heterocycles. The van der Waals surface area contributed by atoms with E-state index in [1.807, 2.05) is 39.0 Å². The van der Waals surface area contributed by atoms with Crippen LogP contribution in [0.5, 0.6) is 5.75 Å². The van der Waals surface area contributed by atoms with Gasteiger partial charge >= 0.3 is 0 Å². The van der Waals surface area contributed by atoms with Crippen LogP contribution in [-0.4, -0.2) is 22.8 Å². The molecule has 1 heterocycles. The van der Waals surface area contributed by atoms with E-state index in [0.29, 0.717) is 6.54 Å². The summed E-state index contributed by atoms with van der Waals surface area (Å²) in [5.41, 5.74) is 2.00. The van der Waals surface area contributed by atoms with Crippen molar-refractivity contribution in [3.05, 3.63) is 57.5 Å². The summed E-state index contributed by atoms with van der Waals surface area (Å²) in [6.07, 6.45) is 0.773. The largest absolute Gasteiger partial charge is 0.496 e. The lowest BCUT2D eigenvalue weighted by Gasteiger charge is -2.18. The van der Waals surface area contributed by atoms with Crippen LogP contribution in [0.25, 0.3) is 0 Å². The molecule has 2 aromatic rings. The third-order valence-electron chi connectivity index (χ3n) is 3.73. The number of nitrogens with zero attached hydrogens (tertiary/aromatic N) is 2. The van der Waals surface area contributed by atoms with E-state index in [1.165, 1.54) is 16.8 Å². The van der Waals surface area contributed by atoms with Gasteiger partial charge in [0.15, 0.2) is 0 Å². The number of benzene rings is 1. The number of amides is 1. The maximum atomic E-state index is 12.5. The molecule has 1 aromatic carbocycles. The minimum Gasteiger partial charge on any atom is -0.496 e. The average Bonchev–Trinajstić information content (AvgIpc) is 2.56. The predicted molar refractivity (Wildman–Crippen MR) is 92.4 cm³/mol. The van der Waals surface area contributed by atoms with Crippen molar-refractivity contribution >= 4 is 5.91 Å². The third-order valence-corrected chi connectivity index (χ3v) is 3.73. The van der Waals surface area contributed by atoms with Crippen molar-refractivity contribution in [1.29, 1.82) is 0 Å². The van der Waals surface area contributed by atoms with Crippen molar-refractivity contribution in [3.63, 3.8) is 0 Å². The highest BCUT2D eigenvalue weighted by atomic mass is 16.5. The molecule has 0 fully saturated rings. The molecule has 0 saturated carbocycles. The second kappa shape index (κ2) is 7.77. The van der Waals surface area contributed by atoms with E-state index >= 15 is 0 Å². The Labute approximate surface area is 141 Å². The molecule has 128 valence electrons. The van der Waals surface area contributed by atoms with Gasteiger partial charge in [-0.1, -0.05) is 24.6 Å². The van der Waals surface area contributed by atoms with Crippen molar-refractivity contribution in [2.24, 2.45) is 0 Å². The van der Waals surface area contributed by atoms with E-state index < -0.39 is 0 Å². The number of methoxy groups -OCH3 is 1. The number of carbonyl (C=O) groups is 1. The molecular formula is C18H23N3O3. The Kier molecular flexibility index (Phi) is 5.73. The maximum Gasteiger partial charge on any atom is 0.272 e. The quantitative estimate of drug-likeness (QED) is 0.883. The van der Waals surface area contributed by atoms with Crippen molar-refractivity contribution < 1.29 is 9.53 Å². The van der Waals surface area contributed by atoms with Crippen LogP contribution in [0, 0.1) is 6.92 Å². The van der Waals surface area contributed by atoms with E-state index in [2.05, 4.69) is 10.4 Å². The number of hydrogen-bond acceptors (Lipinski definition) is 4. The van der Waals surface area contributed by atoms with Gasteiger partial charge in [-0.25, -0.2) is 4.68 Å². The zero-order valence-corrected chi connectivity index (χ0v) is 14.5. The number of ether oxygens (including phenoxy) is 1. The lowest BCUT2D eigenvalue weighted by Crippen LogP contribution is -2.31. The number of carbonyl (C=O) groups excluding carboxylic acids is 1. The number of aromatic nitrogens is 2. The summed E-state index contributed by atoms with van der Waals surface area (Å²) in [5, 5.41) is 7.04. The minimum absolute atomic E-state index is 0.207. The van der Waals surface area contributed by atoms with Gasteiger partial charge in [0, 0.05) is 18.2 Å². The predicted octanol–water partition coefficient (Wildman–Crippen LogP) is 2.46. The molecule has 2 rings (SSSR count). The lowest BCUT2D eigenvalue weighted by atomic mass is 10.0. The first-order valence-corrected chi connectivity index (χ1v) is 7.99. The Balaban J connectivity index is 2.22. The van der Waals surface area contributed by atoms with Gasteiger partial charge in [0.05, 0.1) is 13.2 Å². The van der Waals surface area contributed by atoms with Gasteiger partial charge in [0.2, 0.25) is 0 Å². The van der Waals surface area contributed by atoms with Crippen LogP contribution in [-0.2, 0) is 6.54 Å². The Hall–Kier alpha value is -2.63. The number of hydrogen-bond donors (Lipinski definition) is 1. The van der Waals surface area contributed by atoms with Crippen molar-refractivity contribution in [2.75, 3.05) is 7.11 Å². The van der Waals surface area contributed by atoms with Gasteiger partial charge < -0.3 is 10.1 Å². The van der Waals surface area contributed by atoms with E-state index in [0.717, 1.165) is 23.3 Å². The van der Waals surface area contributed by atoms with E-state index in [4.69, 9.17) is 4.74 Å². The molecular weight excluding hydrogens is 306 g/mol. The van der Waals surface area contributed by atoms with Crippen molar-refractivity contribution in [2.45, 2.75) is 39.8 Å². The topological polar surface area (TPSA) is 73.2 Å². The van der Waals surface area contributed by atoms with Gasteiger partial charge in [-0.2, -0.15) is 5.10 Å². The molecule has 0 radical (unpaired) electrons. The van der Waals surface area contributed by atoms with Crippen LogP contribution >= 0.6 is 0 Å². The van der Waals surface area contributed by atoms with Gasteiger partial charge in [-0.15, -0.1) is 0 Å². The van der Waals surface area contributed by atoms with Gasteiger partial charge in [-0.3, -0.25) is 9.59 Å². The van der Waals surface area contributed by atoms with Crippen molar-refractivity contribution in [1.82, 2.24) is 15.1 Å². The first kappa shape index (κ1) is 17.7. The summed E-state index contributed by atoms with van der Waals surface area (Å²) in [4.78, 5) is 24.2. The smallest absolute Gasteiger partial charge is 0.272 e. The fourth-order valence-corrected chi connectivity index (χ4v) is 2.48. The normalized spacial score (nSPS) is 11.8. The van der Waals surface area contributed by atoms with Crippen LogP contribution < -0.4 is 15.6 Å². The minimum atomic E-state index is -0.323. The Morgan fingerprint density at radius 2 is 2.08 bits per heavy atom. The zero-order chi connectivity index (χ0) is 17.7. The number of aryl methyl sites for hydroxylation is 2. The second-order valence-corrected chi connectivity index (χ2v) is 5.72. The summed E-state index contributed by atoms with van der Waals surface area (Å²) in [6, 6.07) is 8.39. The summed E-state index contributed by atoms with van der Waals surface area (Å²) in [7, 11) is 1.60. The van der Waals surface area contributed by atoms with Gasteiger partial charge in [0.25, 0.3) is 11.5 Å². The van der Waals surface area contributed by atoms with Crippen molar-refractivity contribution in [3.8, 4) is 5.75 Å². The standard InChI is InChI=1S/C18H23N3O3/c1-5-10-21-17(22)9-7-15(20-21)18(23)19-13(3)14-11-12(2)6-8-16(14)24-4/h6-9,11,13H,5,10H2,1-4H3,(H,19,23)/t13-/m1/s1. The highest BCUT2D eigenvalue weighted by molar-refractivity contribution is 5.92. The third kappa shape index (κ3) is 4.01. The molecule has 24 heavy (non-hydrogen) atoms. The number of rotatable bonds is 6. The van der Waals surface area contributed by atoms with Gasteiger partial charge in [-0.05, 0) is 32.4 Å². The maximum absolute atomic E-state index is 12.5. The van der Waals surface area contributed by atoms with E-state index in [1.54, 1.807) is 7.11 Å². The Morgan fingerprint density at radius 3 is 2.75 bits per heavy atom. The Morgan fingerprint density at radius 1 is 1.33 bits per heavy atom. The van der Waals surface area contributed by atoms with E-state index in [9.17, 15) is 9.59 Å². The monoisotopic (exact) mass is 329 g/mol. The van der Waals surface area contributed by atoms with Crippen LogP contribution in [0.15, 0.2) is 35.1 Å². The zero-order valence-electron chi connectivity index (χ0n) is 14.5. The molecule has 0 bridgehead atoms. The molecule has 1 amide bonds. The molecule has 6 heteroatoms. The lowest BCUT2D eigenvalue weighted by molar-refractivity contribution is 0.0931. The summed E-state index contributed by atoms with van der Waals surface area (Å²) < 4.78 is 6.68. The highest BCUT2D eigenvalue weighted by Gasteiger charge is 2.17. The average molecular weight is 329 g/mol. The second-order valence-electron chi connectivity index (χ2n) is 5.72. The fourth-order valence-electron chi connectivity index (χ4n) is 2.48. The molecule has 0 saturated heterocycles. The van der Waals surface area contributed by atoms with Crippen LogP contribution in [0.1, 0.15) is 47.9 Å². The SMILES string of the molecule is CCCn1nc(C(=O)N[C@H](C)c2cc(C)ccc2OC)ccc1=O. The Bertz CT molecular complexity index is 783. The molecule has 0 unspecified atom stereocenters. The molecule has 1 atom stereocenters. The molecule has 0 aliphatic carbocycles. The van der Waals surface area contributed by atoms with Crippen LogP contribution in [0.3, 0.4) is 0 Å². The molecule has 6 nitrogen and oxygen atoms in total. The van der Waals surface area contributed by atoms with Gasteiger partial charge in [0.1, 0.15) is 11.4 Å². The fraction of sp³-hybridized carbons (Fsp3) is 0.389. The van der Waals surface area contributed by atoms with E-state index in [-0.39, 0.29) is 23.2 Å². The van der Waals surface area contributed by atoms with Crippen LogP contribution in [0.4, 0.5) is 0 Å². The van der Waals surface area contributed by atoms with Crippen LogP contribution in [0.2, 0.25) is 0 Å². The molecule has 1 N–H and O–H groups in total. The summed E-state index contributed by atoms with van der Waals surface area (Å²) >= 11 is 0. The first-order chi connectivity index (χ1) is 11.5. The molecule has 0 aliphatic rings. The first-order valence-electron chi connectivity index (χ1n) is 7.99. The molecule has 0 spiro atoms. The highest BCUT2D eigenvalue weighted by Crippen LogP contribution is 2.26. The summed E-state index contributed by atoms with van der Waals surface area (Å²) in [6.45, 7) is 6.31. The summed E-state index contributed by atoms with van der Waals surface area (Å²) in [5.74, 6) is 0.397. The number of nitrogens with one attached hydrogen (secondary N) is 1.